The largest absolute Gasteiger partial charge is 0.369 e. The van der Waals surface area contributed by atoms with E-state index in [2.05, 4.69) is 17.1 Å². The molecule has 0 bridgehead atoms. The summed E-state index contributed by atoms with van der Waals surface area (Å²) in [6.45, 7) is 7.41. The molecule has 126 valence electrons. The highest BCUT2D eigenvalue weighted by atomic mass is 16.2. The van der Waals surface area contributed by atoms with Crippen molar-refractivity contribution >= 4 is 11.9 Å². The van der Waals surface area contributed by atoms with E-state index in [0.717, 1.165) is 70.7 Å². The van der Waals surface area contributed by atoms with Crippen LogP contribution in [0.2, 0.25) is 0 Å². The van der Waals surface area contributed by atoms with Crippen LogP contribution in [0.3, 0.4) is 0 Å². The maximum absolute atomic E-state index is 12.0. The van der Waals surface area contributed by atoms with Gasteiger partial charge < -0.3 is 20.9 Å². The maximum Gasteiger partial charge on any atom is 0.317 e. The molecule has 6 heteroatoms. The van der Waals surface area contributed by atoms with Crippen LogP contribution in [-0.2, 0) is 4.79 Å². The summed E-state index contributed by atoms with van der Waals surface area (Å²) in [5.41, 5.74) is 5.39. The molecular weight excluding hydrogens is 280 g/mol. The Morgan fingerprint density at radius 2 is 1.91 bits per heavy atom. The average molecular weight is 310 g/mol. The number of primary amides is 1. The standard InChI is InChI=1S/C16H30N4O2/c1-13-5-10-20(11-6-13)16(22)18-7-3-9-19-8-2-4-14(12-19)15(17)21/h13-14H,2-12H2,1H3,(H2,17,21)(H,18,22). The second kappa shape index (κ2) is 8.36. The van der Waals surface area contributed by atoms with Gasteiger partial charge in [0.2, 0.25) is 5.91 Å². The van der Waals surface area contributed by atoms with Gasteiger partial charge in [0.1, 0.15) is 0 Å². The van der Waals surface area contributed by atoms with Crippen molar-refractivity contribution in [1.82, 2.24) is 15.1 Å². The third kappa shape index (κ3) is 5.16. The van der Waals surface area contributed by atoms with E-state index in [0.29, 0.717) is 6.54 Å². The second-order valence-electron chi connectivity index (χ2n) is 6.80. The van der Waals surface area contributed by atoms with Crippen LogP contribution in [0.5, 0.6) is 0 Å². The molecule has 0 radical (unpaired) electrons. The molecule has 3 amide bonds. The van der Waals surface area contributed by atoms with Gasteiger partial charge in [0.05, 0.1) is 5.92 Å². The molecule has 2 rings (SSSR count). The molecule has 2 aliphatic heterocycles. The fraction of sp³-hybridized carbons (Fsp3) is 0.875. The van der Waals surface area contributed by atoms with Gasteiger partial charge in [-0.3, -0.25) is 4.79 Å². The van der Waals surface area contributed by atoms with Crippen LogP contribution in [0.25, 0.3) is 0 Å². The Morgan fingerprint density at radius 3 is 2.59 bits per heavy atom. The minimum Gasteiger partial charge on any atom is -0.369 e. The van der Waals surface area contributed by atoms with Crippen LogP contribution < -0.4 is 11.1 Å². The van der Waals surface area contributed by atoms with Gasteiger partial charge in [-0.05, 0) is 51.1 Å². The number of nitrogens with zero attached hydrogens (tertiary/aromatic N) is 2. The molecule has 2 fully saturated rings. The number of urea groups is 1. The second-order valence-corrected chi connectivity index (χ2v) is 6.80. The Bertz CT molecular complexity index is 380. The Hall–Kier alpha value is -1.30. The Morgan fingerprint density at radius 1 is 1.18 bits per heavy atom. The predicted molar refractivity (Wildman–Crippen MR) is 86.3 cm³/mol. The number of hydrogen-bond acceptors (Lipinski definition) is 3. The van der Waals surface area contributed by atoms with E-state index in [1.165, 1.54) is 0 Å². The first-order valence-corrected chi connectivity index (χ1v) is 8.60. The van der Waals surface area contributed by atoms with Crippen molar-refractivity contribution in [2.45, 2.75) is 39.0 Å². The summed E-state index contributed by atoms with van der Waals surface area (Å²) < 4.78 is 0. The van der Waals surface area contributed by atoms with Crippen molar-refractivity contribution in [3.05, 3.63) is 0 Å². The van der Waals surface area contributed by atoms with Crippen molar-refractivity contribution in [2.75, 3.05) is 39.3 Å². The highest BCUT2D eigenvalue weighted by Gasteiger charge is 2.23. The fourth-order valence-electron chi connectivity index (χ4n) is 3.31. The van der Waals surface area contributed by atoms with Crippen molar-refractivity contribution < 1.29 is 9.59 Å². The van der Waals surface area contributed by atoms with Gasteiger partial charge in [-0.2, -0.15) is 0 Å². The molecule has 0 aliphatic carbocycles. The van der Waals surface area contributed by atoms with E-state index in [9.17, 15) is 9.59 Å². The van der Waals surface area contributed by atoms with E-state index in [1.54, 1.807) is 0 Å². The molecule has 0 aromatic carbocycles. The molecule has 2 aliphatic rings. The monoisotopic (exact) mass is 310 g/mol. The van der Waals surface area contributed by atoms with E-state index in [4.69, 9.17) is 5.73 Å². The normalized spacial score (nSPS) is 24.2. The summed E-state index contributed by atoms with van der Waals surface area (Å²) in [5, 5.41) is 3.01. The number of likely N-dealkylation sites (tertiary alicyclic amines) is 2. The molecule has 6 nitrogen and oxygen atoms in total. The minimum absolute atomic E-state index is 0.00122. The Labute approximate surface area is 133 Å². The lowest BCUT2D eigenvalue weighted by Crippen LogP contribution is -2.45. The van der Waals surface area contributed by atoms with Crippen molar-refractivity contribution in [3.8, 4) is 0 Å². The first-order chi connectivity index (χ1) is 10.6. The predicted octanol–water partition coefficient (Wildman–Crippen LogP) is 1.02. The van der Waals surface area contributed by atoms with E-state index < -0.39 is 0 Å². The molecular formula is C16H30N4O2. The maximum atomic E-state index is 12.0. The first kappa shape index (κ1) is 17.1. The van der Waals surface area contributed by atoms with E-state index >= 15 is 0 Å². The molecule has 0 saturated carbocycles. The Balaban J connectivity index is 1.58. The lowest BCUT2D eigenvalue weighted by atomic mass is 9.97. The summed E-state index contributed by atoms with van der Waals surface area (Å²) in [5.74, 6) is 0.553. The summed E-state index contributed by atoms with van der Waals surface area (Å²) >= 11 is 0. The number of carbonyl (C=O) groups excluding carboxylic acids is 2. The van der Waals surface area contributed by atoms with Gasteiger partial charge in [-0.1, -0.05) is 6.92 Å². The number of amides is 3. The highest BCUT2D eigenvalue weighted by Crippen LogP contribution is 2.16. The number of carbonyl (C=O) groups is 2. The third-order valence-electron chi connectivity index (χ3n) is 4.91. The molecule has 0 aromatic heterocycles. The van der Waals surface area contributed by atoms with Gasteiger partial charge in [0.15, 0.2) is 0 Å². The summed E-state index contributed by atoms with van der Waals surface area (Å²) in [6, 6.07) is 0.0700. The van der Waals surface area contributed by atoms with Crippen LogP contribution in [-0.4, -0.2) is 61.0 Å². The Kier molecular flexibility index (Phi) is 6.49. The fourth-order valence-corrected chi connectivity index (χ4v) is 3.31. The van der Waals surface area contributed by atoms with Gasteiger partial charge in [-0.25, -0.2) is 4.79 Å². The summed E-state index contributed by atoms with van der Waals surface area (Å²) in [4.78, 5) is 27.5. The van der Waals surface area contributed by atoms with Crippen LogP contribution in [0, 0.1) is 11.8 Å². The molecule has 1 atom stereocenters. The molecule has 2 heterocycles. The zero-order chi connectivity index (χ0) is 15.9. The molecule has 2 saturated heterocycles. The quantitative estimate of drug-likeness (QED) is 0.744. The average Bonchev–Trinajstić information content (AvgIpc) is 2.52. The summed E-state index contributed by atoms with van der Waals surface area (Å²) in [7, 11) is 0. The summed E-state index contributed by atoms with van der Waals surface area (Å²) in [6.07, 6.45) is 5.08. The minimum atomic E-state index is -0.183. The van der Waals surface area contributed by atoms with Gasteiger partial charge in [0.25, 0.3) is 0 Å². The number of rotatable bonds is 5. The lowest BCUT2D eigenvalue weighted by molar-refractivity contribution is -0.123. The van der Waals surface area contributed by atoms with Gasteiger partial charge in [-0.15, -0.1) is 0 Å². The zero-order valence-electron chi connectivity index (χ0n) is 13.7. The zero-order valence-corrected chi connectivity index (χ0v) is 13.7. The SMILES string of the molecule is CC1CCN(C(=O)NCCCN2CCCC(C(N)=O)C2)CC1. The molecule has 0 spiro atoms. The van der Waals surface area contributed by atoms with Crippen LogP contribution in [0.15, 0.2) is 0 Å². The van der Waals surface area contributed by atoms with E-state index in [-0.39, 0.29) is 17.9 Å². The highest BCUT2D eigenvalue weighted by molar-refractivity contribution is 5.77. The van der Waals surface area contributed by atoms with Gasteiger partial charge in [0, 0.05) is 26.2 Å². The van der Waals surface area contributed by atoms with Crippen molar-refractivity contribution in [2.24, 2.45) is 17.6 Å². The van der Waals surface area contributed by atoms with Crippen molar-refractivity contribution in [1.29, 1.82) is 0 Å². The van der Waals surface area contributed by atoms with Crippen molar-refractivity contribution in [3.63, 3.8) is 0 Å². The number of nitrogens with two attached hydrogens (primary N) is 1. The number of hydrogen-bond donors (Lipinski definition) is 2. The molecule has 3 N–H and O–H groups in total. The number of piperidine rings is 2. The lowest BCUT2D eigenvalue weighted by Gasteiger charge is -2.32. The molecule has 1 unspecified atom stereocenters. The topological polar surface area (TPSA) is 78.7 Å². The number of nitrogens with one attached hydrogen (secondary N) is 1. The molecule has 0 aromatic rings. The van der Waals surface area contributed by atoms with Crippen LogP contribution in [0.1, 0.15) is 39.0 Å². The first-order valence-electron chi connectivity index (χ1n) is 8.60. The smallest absolute Gasteiger partial charge is 0.317 e. The molecule has 22 heavy (non-hydrogen) atoms. The third-order valence-corrected chi connectivity index (χ3v) is 4.91. The van der Waals surface area contributed by atoms with E-state index in [1.807, 2.05) is 4.90 Å². The van der Waals surface area contributed by atoms with Crippen LogP contribution >= 0.6 is 0 Å². The van der Waals surface area contributed by atoms with Crippen LogP contribution in [0.4, 0.5) is 4.79 Å². The van der Waals surface area contributed by atoms with Gasteiger partial charge >= 0.3 is 6.03 Å².